The molecule has 2 aromatic heterocycles. The fourth-order valence-electron chi connectivity index (χ4n) is 1.26. The van der Waals surface area contributed by atoms with Crippen molar-refractivity contribution in [3.8, 4) is 0 Å². The van der Waals surface area contributed by atoms with Crippen molar-refractivity contribution < 1.29 is 5.11 Å². The summed E-state index contributed by atoms with van der Waals surface area (Å²) in [5.41, 5.74) is 0.739. The fourth-order valence-corrected chi connectivity index (χ4v) is 1.42. The summed E-state index contributed by atoms with van der Waals surface area (Å²) in [5, 5.41) is 16.8. The van der Waals surface area contributed by atoms with Gasteiger partial charge in [0.2, 0.25) is 5.95 Å². The Balaban J connectivity index is 2.13. The van der Waals surface area contributed by atoms with Crippen LogP contribution in [0.5, 0.6) is 0 Å². The number of rotatable bonds is 4. The highest BCUT2D eigenvalue weighted by Gasteiger charge is 2.05. The van der Waals surface area contributed by atoms with E-state index in [-0.39, 0.29) is 12.5 Å². The topological polar surface area (TPSA) is 62.5 Å². The van der Waals surface area contributed by atoms with Crippen LogP contribution in [0, 0.1) is 5.92 Å². The zero-order valence-electron chi connectivity index (χ0n) is 8.89. The van der Waals surface area contributed by atoms with Gasteiger partial charge < -0.3 is 10.4 Å². The first kappa shape index (κ1) is 11.2. The van der Waals surface area contributed by atoms with Crippen molar-refractivity contribution in [3.63, 3.8) is 0 Å². The van der Waals surface area contributed by atoms with Crippen molar-refractivity contribution in [3.05, 3.63) is 23.4 Å². The molecule has 0 aliphatic carbocycles. The Labute approximate surface area is 98.1 Å². The molecule has 16 heavy (non-hydrogen) atoms. The molecule has 86 valence electrons. The summed E-state index contributed by atoms with van der Waals surface area (Å²) >= 11 is 5.84. The number of aliphatic hydroxyl groups is 1. The van der Waals surface area contributed by atoms with Crippen LogP contribution in [0.15, 0.2) is 18.3 Å². The van der Waals surface area contributed by atoms with Crippen molar-refractivity contribution >= 4 is 23.2 Å². The molecule has 0 aliphatic rings. The maximum Gasteiger partial charge on any atom is 0.243 e. The van der Waals surface area contributed by atoms with E-state index in [4.69, 9.17) is 16.7 Å². The highest BCUT2D eigenvalue weighted by molar-refractivity contribution is 6.30. The Kier molecular flexibility index (Phi) is 3.26. The molecular formula is C10H13ClN4O. The van der Waals surface area contributed by atoms with Gasteiger partial charge >= 0.3 is 0 Å². The summed E-state index contributed by atoms with van der Waals surface area (Å²) in [5.74, 6) is 0.720. The highest BCUT2D eigenvalue weighted by Crippen LogP contribution is 2.11. The Morgan fingerprint density at radius 3 is 3.12 bits per heavy atom. The fraction of sp³-hybridized carbons (Fsp3) is 0.400. The number of pyridine rings is 1. The maximum atomic E-state index is 8.89. The van der Waals surface area contributed by atoms with Crippen LogP contribution in [0.4, 0.5) is 5.95 Å². The normalized spacial score (nSPS) is 12.9. The largest absolute Gasteiger partial charge is 0.396 e. The van der Waals surface area contributed by atoms with Gasteiger partial charge in [0.1, 0.15) is 0 Å². The number of aromatic nitrogens is 3. The van der Waals surface area contributed by atoms with Gasteiger partial charge in [0.15, 0.2) is 5.65 Å². The molecule has 0 spiro atoms. The number of hydrogen-bond donors (Lipinski definition) is 2. The van der Waals surface area contributed by atoms with Gasteiger partial charge in [-0.3, -0.25) is 0 Å². The van der Waals surface area contributed by atoms with Gasteiger partial charge in [-0.15, -0.1) is 5.10 Å². The lowest BCUT2D eigenvalue weighted by Gasteiger charge is -2.06. The second kappa shape index (κ2) is 4.67. The minimum atomic E-state index is 0.145. The molecule has 0 bridgehead atoms. The average Bonchev–Trinajstić information content (AvgIpc) is 2.67. The van der Waals surface area contributed by atoms with E-state index in [9.17, 15) is 0 Å². The van der Waals surface area contributed by atoms with E-state index in [0.717, 1.165) is 5.65 Å². The molecule has 2 N–H and O–H groups in total. The lowest BCUT2D eigenvalue weighted by atomic mass is 10.2. The molecule has 0 aliphatic heterocycles. The van der Waals surface area contributed by atoms with Crippen LogP contribution < -0.4 is 5.32 Å². The Morgan fingerprint density at radius 1 is 1.56 bits per heavy atom. The Hall–Kier alpha value is -1.33. The number of fused-ring (bicyclic) bond motifs is 1. The zero-order chi connectivity index (χ0) is 11.5. The molecule has 2 rings (SSSR count). The van der Waals surface area contributed by atoms with E-state index >= 15 is 0 Å². The Morgan fingerprint density at radius 2 is 2.38 bits per heavy atom. The molecule has 0 saturated heterocycles. The van der Waals surface area contributed by atoms with Crippen molar-refractivity contribution in [2.45, 2.75) is 6.92 Å². The molecule has 5 nitrogen and oxygen atoms in total. The standard InChI is InChI=1S/C10H13ClN4O/c1-7(6-16)4-12-10-13-9-3-2-8(11)5-15(9)14-10/h2-3,5,7,16H,4,6H2,1H3,(H,12,14). The first-order valence-electron chi connectivity index (χ1n) is 5.05. The summed E-state index contributed by atoms with van der Waals surface area (Å²) in [7, 11) is 0. The first-order chi connectivity index (χ1) is 7.69. The summed E-state index contributed by atoms with van der Waals surface area (Å²) < 4.78 is 1.62. The zero-order valence-corrected chi connectivity index (χ0v) is 9.65. The van der Waals surface area contributed by atoms with Crippen molar-refractivity contribution in [2.24, 2.45) is 5.92 Å². The molecule has 2 heterocycles. The maximum absolute atomic E-state index is 8.89. The number of anilines is 1. The van der Waals surface area contributed by atoms with Crippen LogP contribution in [0.25, 0.3) is 5.65 Å². The number of nitrogens with zero attached hydrogens (tertiary/aromatic N) is 3. The molecule has 6 heteroatoms. The van der Waals surface area contributed by atoms with Gasteiger partial charge in [0, 0.05) is 19.3 Å². The first-order valence-corrected chi connectivity index (χ1v) is 5.43. The lowest BCUT2D eigenvalue weighted by Crippen LogP contribution is -2.15. The van der Waals surface area contributed by atoms with E-state index in [1.165, 1.54) is 0 Å². The molecule has 1 unspecified atom stereocenters. The van der Waals surface area contributed by atoms with Gasteiger partial charge in [-0.05, 0) is 18.1 Å². The molecule has 2 aromatic rings. The third-order valence-electron chi connectivity index (χ3n) is 2.22. The van der Waals surface area contributed by atoms with Crippen molar-refractivity contribution in [1.82, 2.24) is 14.6 Å². The molecule has 0 saturated carbocycles. The second-order valence-electron chi connectivity index (χ2n) is 3.75. The van der Waals surface area contributed by atoms with Gasteiger partial charge in [0.25, 0.3) is 0 Å². The van der Waals surface area contributed by atoms with E-state index in [2.05, 4.69) is 15.4 Å². The van der Waals surface area contributed by atoms with E-state index in [1.807, 2.05) is 6.92 Å². The highest BCUT2D eigenvalue weighted by atomic mass is 35.5. The van der Waals surface area contributed by atoms with Crippen LogP contribution >= 0.6 is 11.6 Å². The summed E-state index contributed by atoms with van der Waals surface area (Å²) in [6.45, 7) is 2.73. The molecule has 0 amide bonds. The van der Waals surface area contributed by atoms with Crippen LogP contribution in [0.1, 0.15) is 6.92 Å². The monoisotopic (exact) mass is 240 g/mol. The van der Waals surface area contributed by atoms with Gasteiger partial charge in [0.05, 0.1) is 5.02 Å². The number of aliphatic hydroxyl groups excluding tert-OH is 1. The summed E-state index contributed by atoms with van der Waals surface area (Å²) in [6, 6.07) is 3.57. The summed E-state index contributed by atoms with van der Waals surface area (Å²) in [4.78, 5) is 4.26. The third kappa shape index (κ3) is 2.43. The molecule has 0 fully saturated rings. The van der Waals surface area contributed by atoms with Crippen LogP contribution in [0.2, 0.25) is 5.02 Å². The van der Waals surface area contributed by atoms with Crippen molar-refractivity contribution in [1.29, 1.82) is 0 Å². The number of hydrogen-bond acceptors (Lipinski definition) is 4. The molecular weight excluding hydrogens is 228 g/mol. The van der Waals surface area contributed by atoms with E-state index in [0.29, 0.717) is 17.5 Å². The smallest absolute Gasteiger partial charge is 0.243 e. The van der Waals surface area contributed by atoms with Gasteiger partial charge in [-0.2, -0.15) is 4.98 Å². The predicted octanol–water partition coefficient (Wildman–Crippen LogP) is 1.42. The minimum Gasteiger partial charge on any atom is -0.396 e. The van der Waals surface area contributed by atoms with Crippen molar-refractivity contribution in [2.75, 3.05) is 18.5 Å². The number of halogens is 1. The SMILES string of the molecule is CC(CO)CNc1nc2ccc(Cl)cn2n1. The van der Waals surface area contributed by atoms with Gasteiger partial charge in [-0.1, -0.05) is 18.5 Å². The molecule has 0 radical (unpaired) electrons. The Bertz CT molecular complexity index is 485. The number of nitrogens with one attached hydrogen (secondary N) is 1. The van der Waals surface area contributed by atoms with Crippen LogP contribution in [-0.2, 0) is 0 Å². The lowest BCUT2D eigenvalue weighted by molar-refractivity contribution is 0.244. The van der Waals surface area contributed by atoms with E-state index in [1.54, 1.807) is 22.8 Å². The molecule has 1 atom stereocenters. The van der Waals surface area contributed by atoms with Crippen LogP contribution in [-0.4, -0.2) is 32.9 Å². The van der Waals surface area contributed by atoms with Crippen LogP contribution in [0.3, 0.4) is 0 Å². The van der Waals surface area contributed by atoms with Gasteiger partial charge in [-0.25, -0.2) is 4.52 Å². The quantitative estimate of drug-likeness (QED) is 0.849. The molecule has 0 aromatic carbocycles. The van der Waals surface area contributed by atoms with E-state index < -0.39 is 0 Å². The average molecular weight is 241 g/mol. The second-order valence-corrected chi connectivity index (χ2v) is 4.19. The predicted molar refractivity (Wildman–Crippen MR) is 62.7 cm³/mol. The summed E-state index contributed by atoms with van der Waals surface area (Å²) in [6.07, 6.45) is 1.70. The minimum absolute atomic E-state index is 0.145. The third-order valence-corrected chi connectivity index (χ3v) is 2.44.